The van der Waals surface area contributed by atoms with Crippen LogP contribution in [0.3, 0.4) is 0 Å². The number of sulfone groups is 1. The number of aromatic nitrogens is 1. The predicted molar refractivity (Wildman–Crippen MR) is 118 cm³/mol. The summed E-state index contributed by atoms with van der Waals surface area (Å²) < 4.78 is 23.7. The summed E-state index contributed by atoms with van der Waals surface area (Å²) in [4.78, 5) is 20.0. The summed E-state index contributed by atoms with van der Waals surface area (Å²) in [6, 6.07) is 8.29. The lowest BCUT2D eigenvalue weighted by molar-refractivity contribution is -0.117. The van der Waals surface area contributed by atoms with Gasteiger partial charge in [-0.05, 0) is 31.9 Å². The molecule has 1 saturated heterocycles. The molecule has 0 spiro atoms. The molecule has 0 bridgehead atoms. The SMILES string of the molecule is CCCCN(CC(=O)Nc1ncc(Cc2cccc(C)c2)s1)C1CCS(=O)(=O)C1. The third-order valence-electron chi connectivity index (χ3n) is 5.13. The molecule has 1 amide bonds. The minimum atomic E-state index is -2.97. The molecule has 8 heteroatoms. The Balaban J connectivity index is 1.57. The first-order valence-electron chi connectivity index (χ1n) is 10.1. The zero-order valence-corrected chi connectivity index (χ0v) is 18.7. The van der Waals surface area contributed by atoms with Crippen LogP contribution < -0.4 is 5.32 Å². The van der Waals surface area contributed by atoms with E-state index in [-0.39, 0.29) is 30.0 Å². The van der Waals surface area contributed by atoms with E-state index in [2.05, 4.69) is 42.3 Å². The topological polar surface area (TPSA) is 79.4 Å². The Hall–Kier alpha value is -1.77. The Morgan fingerprint density at radius 1 is 1.38 bits per heavy atom. The lowest BCUT2D eigenvalue weighted by Gasteiger charge is -2.27. The molecule has 1 atom stereocenters. The Bertz CT molecular complexity index is 940. The van der Waals surface area contributed by atoms with Gasteiger partial charge in [0.15, 0.2) is 15.0 Å². The van der Waals surface area contributed by atoms with Crippen LogP contribution >= 0.6 is 11.3 Å². The molecule has 1 unspecified atom stereocenters. The molecular weight excluding hydrogens is 406 g/mol. The van der Waals surface area contributed by atoms with Gasteiger partial charge in [0.05, 0.1) is 18.1 Å². The van der Waals surface area contributed by atoms with E-state index in [1.165, 1.54) is 22.5 Å². The van der Waals surface area contributed by atoms with Crippen LogP contribution in [0.4, 0.5) is 5.13 Å². The van der Waals surface area contributed by atoms with E-state index in [4.69, 9.17) is 0 Å². The third-order valence-corrected chi connectivity index (χ3v) is 7.79. The van der Waals surface area contributed by atoms with Crippen molar-refractivity contribution in [2.75, 3.05) is 29.9 Å². The fourth-order valence-corrected chi connectivity index (χ4v) is 6.25. The van der Waals surface area contributed by atoms with Crippen molar-refractivity contribution >= 4 is 32.2 Å². The quantitative estimate of drug-likeness (QED) is 0.654. The molecule has 1 aromatic carbocycles. The Morgan fingerprint density at radius 2 is 2.21 bits per heavy atom. The molecule has 0 saturated carbocycles. The van der Waals surface area contributed by atoms with Gasteiger partial charge >= 0.3 is 0 Å². The van der Waals surface area contributed by atoms with Gasteiger partial charge in [-0.2, -0.15) is 0 Å². The van der Waals surface area contributed by atoms with Gasteiger partial charge in [0.25, 0.3) is 0 Å². The van der Waals surface area contributed by atoms with E-state index < -0.39 is 9.84 Å². The second kappa shape index (κ2) is 9.82. The molecule has 2 heterocycles. The zero-order valence-electron chi connectivity index (χ0n) is 17.1. The molecule has 1 aliphatic rings. The van der Waals surface area contributed by atoms with Crippen LogP contribution in [0.25, 0.3) is 0 Å². The summed E-state index contributed by atoms with van der Waals surface area (Å²) in [6.07, 6.45) is 5.16. The summed E-state index contributed by atoms with van der Waals surface area (Å²) in [6.45, 7) is 5.10. The number of unbranched alkanes of at least 4 members (excludes halogenated alkanes) is 1. The number of hydrogen-bond acceptors (Lipinski definition) is 6. The molecule has 158 valence electrons. The molecule has 0 aliphatic carbocycles. The van der Waals surface area contributed by atoms with E-state index in [0.29, 0.717) is 11.6 Å². The van der Waals surface area contributed by atoms with Gasteiger partial charge in [-0.1, -0.05) is 43.2 Å². The highest BCUT2D eigenvalue weighted by molar-refractivity contribution is 7.91. The lowest BCUT2D eigenvalue weighted by atomic mass is 10.1. The number of anilines is 1. The molecule has 1 fully saturated rings. The number of nitrogens with zero attached hydrogens (tertiary/aromatic N) is 2. The first-order valence-corrected chi connectivity index (χ1v) is 12.7. The monoisotopic (exact) mass is 435 g/mol. The standard InChI is InChI=1S/C21H29N3O3S2/c1-3-4-9-24(18-8-10-29(26,27)15-18)14-20(25)23-21-22-13-19(28-21)12-17-7-5-6-16(2)11-17/h5-7,11,13,18H,3-4,8-10,12,14-15H2,1-2H3,(H,22,23,25). The fourth-order valence-electron chi connectivity index (χ4n) is 3.63. The van der Waals surface area contributed by atoms with Crippen molar-refractivity contribution in [1.29, 1.82) is 0 Å². The van der Waals surface area contributed by atoms with E-state index in [9.17, 15) is 13.2 Å². The molecule has 1 aliphatic heterocycles. The maximum absolute atomic E-state index is 12.6. The van der Waals surface area contributed by atoms with E-state index in [1.54, 1.807) is 6.20 Å². The molecular formula is C21H29N3O3S2. The smallest absolute Gasteiger partial charge is 0.240 e. The number of rotatable bonds is 9. The van der Waals surface area contributed by atoms with Crippen LogP contribution in [0.5, 0.6) is 0 Å². The maximum Gasteiger partial charge on any atom is 0.240 e. The van der Waals surface area contributed by atoms with E-state index in [0.717, 1.165) is 30.7 Å². The number of amides is 1. The van der Waals surface area contributed by atoms with E-state index >= 15 is 0 Å². The molecule has 1 aromatic heterocycles. The summed E-state index contributed by atoms with van der Waals surface area (Å²) in [5.74, 6) is 0.236. The summed E-state index contributed by atoms with van der Waals surface area (Å²) in [7, 11) is -2.97. The van der Waals surface area contributed by atoms with Gasteiger partial charge in [0, 0.05) is 23.5 Å². The van der Waals surface area contributed by atoms with Gasteiger partial charge in [-0.3, -0.25) is 9.69 Å². The van der Waals surface area contributed by atoms with Crippen LogP contribution in [-0.4, -0.2) is 54.8 Å². The van der Waals surface area contributed by atoms with Gasteiger partial charge in [-0.25, -0.2) is 13.4 Å². The normalized spacial score (nSPS) is 18.2. The van der Waals surface area contributed by atoms with Crippen molar-refractivity contribution in [1.82, 2.24) is 9.88 Å². The Labute approximate surface area is 177 Å². The highest BCUT2D eigenvalue weighted by Crippen LogP contribution is 2.22. The van der Waals surface area contributed by atoms with Crippen molar-refractivity contribution in [3.05, 3.63) is 46.5 Å². The van der Waals surface area contributed by atoms with Gasteiger partial charge in [-0.15, -0.1) is 11.3 Å². The average molecular weight is 436 g/mol. The number of nitrogens with one attached hydrogen (secondary N) is 1. The second-order valence-corrected chi connectivity index (χ2v) is 11.1. The van der Waals surface area contributed by atoms with Gasteiger partial charge in [0.1, 0.15) is 0 Å². The molecule has 29 heavy (non-hydrogen) atoms. The first-order chi connectivity index (χ1) is 13.8. The van der Waals surface area contributed by atoms with Crippen LogP contribution in [0.15, 0.2) is 30.5 Å². The summed E-state index contributed by atoms with van der Waals surface area (Å²) in [5, 5.41) is 3.48. The number of benzene rings is 1. The average Bonchev–Trinajstić information content (AvgIpc) is 3.24. The zero-order chi connectivity index (χ0) is 20.9. The Kier molecular flexibility index (Phi) is 7.43. The first kappa shape index (κ1) is 21.9. The number of aryl methyl sites for hydroxylation is 1. The van der Waals surface area contributed by atoms with Crippen molar-refractivity contribution in [2.24, 2.45) is 0 Å². The minimum Gasteiger partial charge on any atom is -0.301 e. The molecule has 2 aromatic rings. The number of carbonyl (C=O) groups excluding carboxylic acids is 1. The second-order valence-electron chi connectivity index (χ2n) is 7.73. The minimum absolute atomic E-state index is 0.0644. The molecule has 3 rings (SSSR count). The number of thiazole rings is 1. The summed E-state index contributed by atoms with van der Waals surface area (Å²) in [5.41, 5.74) is 2.45. The maximum atomic E-state index is 12.6. The molecule has 6 nitrogen and oxygen atoms in total. The number of carbonyl (C=O) groups is 1. The molecule has 1 N–H and O–H groups in total. The van der Waals surface area contributed by atoms with Crippen molar-refractivity contribution in [3.63, 3.8) is 0 Å². The molecule has 0 radical (unpaired) electrons. The largest absolute Gasteiger partial charge is 0.301 e. The Morgan fingerprint density at radius 3 is 2.90 bits per heavy atom. The van der Waals surface area contributed by atoms with E-state index in [1.807, 2.05) is 11.0 Å². The summed E-state index contributed by atoms with van der Waals surface area (Å²) >= 11 is 1.48. The lowest BCUT2D eigenvalue weighted by Crippen LogP contribution is -2.42. The van der Waals surface area contributed by atoms with Crippen LogP contribution in [0.2, 0.25) is 0 Å². The third kappa shape index (κ3) is 6.62. The van der Waals surface area contributed by atoms with Crippen LogP contribution in [-0.2, 0) is 21.1 Å². The fraction of sp³-hybridized carbons (Fsp3) is 0.524. The van der Waals surface area contributed by atoms with Crippen molar-refractivity contribution < 1.29 is 13.2 Å². The van der Waals surface area contributed by atoms with Crippen molar-refractivity contribution in [2.45, 2.75) is 45.6 Å². The van der Waals surface area contributed by atoms with Gasteiger partial charge in [0.2, 0.25) is 5.91 Å². The van der Waals surface area contributed by atoms with Crippen LogP contribution in [0, 0.1) is 6.92 Å². The highest BCUT2D eigenvalue weighted by atomic mass is 32.2. The highest BCUT2D eigenvalue weighted by Gasteiger charge is 2.32. The number of hydrogen-bond donors (Lipinski definition) is 1. The predicted octanol–water partition coefficient (Wildman–Crippen LogP) is 3.27. The van der Waals surface area contributed by atoms with Crippen LogP contribution in [0.1, 0.15) is 42.2 Å². The van der Waals surface area contributed by atoms with Crippen molar-refractivity contribution in [3.8, 4) is 0 Å². The van der Waals surface area contributed by atoms with Gasteiger partial charge < -0.3 is 5.32 Å².